The van der Waals surface area contributed by atoms with E-state index in [1.807, 2.05) is 0 Å². The maximum atomic E-state index is 12.3. The van der Waals surface area contributed by atoms with Crippen molar-refractivity contribution >= 4 is 16.6 Å². The smallest absolute Gasteiger partial charge is 0.139 e. The largest absolute Gasteiger partial charge is 0.299 e. The van der Waals surface area contributed by atoms with E-state index in [4.69, 9.17) is 0 Å². The number of carbonyl (C=O) groups excluding carboxylic acids is 1. The highest BCUT2D eigenvalue weighted by Gasteiger charge is 2.60. The molecule has 2 aromatic rings. The van der Waals surface area contributed by atoms with Crippen LogP contribution in [0.15, 0.2) is 36.4 Å². The summed E-state index contributed by atoms with van der Waals surface area (Å²) in [4.78, 5) is 12.3. The van der Waals surface area contributed by atoms with Crippen LogP contribution >= 0.6 is 0 Å². The number of hydrogen-bond acceptors (Lipinski definition) is 1. The fourth-order valence-corrected chi connectivity index (χ4v) is 5.71. The van der Waals surface area contributed by atoms with E-state index in [0.29, 0.717) is 17.1 Å². The highest BCUT2D eigenvalue weighted by Crippen LogP contribution is 2.66. The summed E-state index contributed by atoms with van der Waals surface area (Å²) in [6.07, 6.45) is 6.62. The molecule has 0 N–H and O–H groups in total. The minimum absolute atomic E-state index is 0.0483. The molecule has 1 heteroatoms. The van der Waals surface area contributed by atoms with E-state index >= 15 is 0 Å². The Morgan fingerprint density at radius 1 is 1.05 bits per heavy atom. The molecule has 5 rings (SSSR count). The fourth-order valence-electron chi connectivity index (χ4n) is 5.71. The second-order valence-corrected chi connectivity index (χ2v) is 8.15. The monoisotopic (exact) mass is 290 g/mol. The molecule has 2 aromatic carbocycles. The quantitative estimate of drug-likeness (QED) is 0.666. The summed E-state index contributed by atoms with van der Waals surface area (Å²) in [6.45, 7) is 2.44. The first kappa shape index (κ1) is 12.9. The van der Waals surface area contributed by atoms with Gasteiger partial charge in [0.05, 0.1) is 0 Å². The Kier molecular flexibility index (Phi) is 2.35. The summed E-state index contributed by atoms with van der Waals surface area (Å²) >= 11 is 0. The second kappa shape index (κ2) is 4.01. The van der Waals surface area contributed by atoms with Crippen LogP contribution in [0.2, 0.25) is 0 Å². The van der Waals surface area contributed by atoms with Crippen LogP contribution in [-0.4, -0.2) is 5.78 Å². The first-order valence-corrected chi connectivity index (χ1v) is 8.65. The molecule has 0 amide bonds. The minimum Gasteiger partial charge on any atom is -0.299 e. The molecule has 3 aliphatic rings. The average molecular weight is 290 g/mol. The van der Waals surface area contributed by atoms with Crippen LogP contribution in [0, 0.1) is 10.8 Å². The van der Waals surface area contributed by atoms with E-state index in [0.717, 1.165) is 25.7 Å². The summed E-state index contributed by atoms with van der Waals surface area (Å²) in [5.41, 5.74) is 3.49. The molecule has 3 unspecified atom stereocenters. The van der Waals surface area contributed by atoms with Crippen molar-refractivity contribution in [1.82, 2.24) is 0 Å². The zero-order chi connectivity index (χ0) is 14.9. The number of ketones is 1. The molecule has 0 bridgehead atoms. The van der Waals surface area contributed by atoms with Crippen molar-refractivity contribution < 1.29 is 4.79 Å². The van der Waals surface area contributed by atoms with Gasteiger partial charge >= 0.3 is 0 Å². The third-order valence-electron chi connectivity index (χ3n) is 7.00. The molecule has 3 aliphatic carbocycles. The lowest BCUT2D eigenvalue weighted by molar-refractivity contribution is -0.138. The minimum atomic E-state index is 0.0483. The molecular formula is C21H22O. The van der Waals surface area contributed by atoms with Crippen LogP contribution in [0.5, 0.6) is 0 Å². The predicted octanol–water partition coefficient (Wildman–Crippen LogP) is 5.02. The van der Waals surface area contributed by atoms with Gasteiger partial charge in [0, 0.05) is 11.8 Å². The SMILES string of the molecule is CC12CCc3c(ccc4ccccc34)C1CC1(CCC1=O)C2. The van der Waals surface area contributed by atoms with Crippen LogP contribution in [0.4, 0.5) is 0 Å². The molecule has 2 saturated carbocycles. The van der Waals surface area contributed by atoms with E-state index in [9.17, 15) is 4.79 Å². The van der Waals surface area contributed by atoms with Gasteiger partial charge in [-0.15, -0.1) is 0 Å². The van der Waals surface area contributed by atoms with E-state index in [1.54, 1.807) is 11.1 Å². The van der Waals surface area contributed by atoms with Crippen molar-refractivity contribution in [2.75, 3.05) is 0 Å². The highest BCUT2D eigenvalue weighted by atomic mass is 16.1. The van der Waals surface area contributed by atoms with Gasteiger partial charge in [-0.2, -0.15) is 0 Å². The van der Waals surface area contributed by atoms with Gasteiger partial charge in [-0.1, -0.05) is 43.3 Å². The van der Waals surface area contributed by atoms with E-state index in [1.165, 1.54) is 23.6 Å². The number of fused-ring (bicyclic) bond motifs is 5. The van der Waals surface area contributed by atoms with Gasteiger partial charge in [0.15, 0.2) is 0 Å². The van der Waals surface area contributed by atoms with Crippen molar-refractivity contribution in [3.05, 3.63) is 47.5 Å². The van der Waals surface area contributed by atoms with Gasteiger partial charge in [0.2, 0.25) is 0 Å². The molecule has 0 saturated heterocycles. The summed E-state index contributed by atoms with van der Waals surface area (Å²) < 4.78 is 0. The zero-order valence-corrected chi connectivity index (χ0v) is 13.2. The molecular weight excluding hydrogens is 268 g/mol. The fraction of sp³-hybridized carbons (Fsp3) is 0.476. The average Bonchev–Trinajstić information content (AvgIpc) is 2.89. The molecule has 0 heterocycles. The van der Waals surface area contributed by atoms with Gasteiger partial charge in [-0.3, -0.25) is 4.79 Å². The van der Waals surface area contributed by atoms with Crippen molar-refractivity contribution in [3.8, 4) is 0 Å². The third-order valence-corrected chi connectivity index (χ3v) is 7.00. The zero-order valence-electron chi connectivity index (χ0n) is 13.2. The number of carbonyl (C=O) groups is 1. The number of aryl methyl sites for hydroxylation is 1. The van der Waals surface area contributed by atoms with Crippen molar-refractivity contribution in [1.29, 1.82) is 0 Å². The predicted molar refractivity (Wildman–Crippen MR) is 89.0 cm³/mol. The lowest BCUT2D eigenvalue weighted by Gasteiger charge is -2.39. The van der Waals surface area contributed by atoms with Crippen LogP contribution < -0.4 is 0 Å². The van der Waals surface area contributed by atoms with Crippen molar-refractivity contribution in [2.45, 2.75) is 51.4 Å². The molecule has 0 aromatic heterocycles. The molecule has 22 heavy (non-hydrogen) atoms. The Bertz CT molecular complexity index is 805. The lowest BCUT2D eigenvalue weighted by Crippen LogP contribution is -2.39. The Balaban J connectivity index is 1.67. The van der Waals surface area contributed by atoms with E-state index in [2.05, 4.69) is 43.3 Å². The second-order valence-electron chi connectivity index (χ2n) is 8.15. The van der Waals surface area contributed by atoms with Crippen molar-refractivity contribution in [3.63, 3.8) is 0 Å². The van der Waals surface area contributed by atoms with Gasteiger partial charge in [0.25, 0.3) is 0 Å². The van der Waals surface area contributed by atoms with E-state index in [-0.39, 0.29) is 5.41 Å². The maximum Gasteiger partial charge on any atom is 0.139 e. The number of Topliss-reactive ketones (excluding diaryl/α,β-unsaturated/α-hetero) is 1. The van der Waals surface area contributed by atoms with Gasteiger partial charge in [0.1, 0.15) is 5.78 Å². The molecule has 112 valence electrons. The first-order valence-electron chi connectivity index (χ1n) is 8.65. The van der Waals surface area contributed by atoms with Crippen LogP contribution in [0.1, 0.15) is 56.1 Å². The molecule has 0 aliphatic heterocycles. The molecule has 2 fully saturated rings. The number of benzene rings is 2. The Morgan fingerprint density at radius 2 is 1.91 bits per heavy atom. The van der Waals surface area contributed by atoms with Crippen LogP contribution in [0.3, 0.4) is 0 Å². The summed E-state index contributed by atoms with van der Waals surface area (Å²) in [6, 6.07) is 13.4. The van der Waals surface area contributed by atoms with Crippen LogP contribution in [0.25, 0.3) is 10.8 Å². The summed E-state index contributed by atoms with van der Waals surface area (Å²) in [5, 5.41) is 2.79. The van der Waals surface area contributed by atoms with Gasteiger partial charge in [-0.25, -0.2) is 0 Å². The Morgan fingerprint density at radius 3 is 2.68 bits per heavy atom. The molecule has 3 atom stereocenters. The number of hydrogen-bond donors (Lipinski definition) is 0. The van der Waals surface area contributed by atoms with Crippen molar-refractivity contribution in [2.24, 2.45) is 10.8 Å². The van der Waals surface area contributed by atoms with Gasteiger partial charge < -0.3 is 0 Å². The normalized spacial score (nSPS) is 36.2. The molecule has 0 radical (unpaired) electrons. The summed E-state index contributed by atoms with van der Waals surface area (Å²) in [7, 11) is 0. The van der Waals surface area contributed by atoms with Gasteiger partial charge in [-0.05, 0) is 65.3 Å². The highest BCUT2D eigenvalue weighted by molar-refractivity contribution is 5.91. The molecule has 1 nitrogen and oxygen atoms in total. The standard InChI is InChI=1S/C21H22O/c1-20-10-8-16-15-5-3-2-4-14(15)6-7-17(16)18(20)12-21(13-20)11-9-19(21)22/h2-7,18H,8-13H2,1H3. The number of rotatable bonds is 0. The lowest BCUT2D eigenvalue weighted by atomic mass is 9.64. The Hall–Kier alpha value is -1.63. The maximum absolute atomic E-state index is 12.3. The third kappa shape index (κ3) is 1.47. The topological polar surface area (TPSA) is 17.1 Å². The summed E-state index contributed by atoms with van der Waals surface area (Å²) in [5.74, 6) is 1.13. The first-order chi connectivity index (χ1) is 10.6. The Labute approximate surface area is 131 Å². The molecule has 1 spiro atoms. The van der Waals surface area contributed by atoms with Crippen LogP contribution in [-0.2, 0) is 11.2 Å². The van der Waals surface area contributed by atoms with E-state index < -0.39 is 0 Å².